The van der Waals surface area contributed by atoms with Gasteiger partial charge in [-0.05, 0) is 59.5 Å². The van der Waals surface area contributed by atoms with E-state index in [9.17, 15) is 36.2 Å². The van der Waals surface area contributed by atoms with Gasteiger partial charge in [0.05, 0.1) is 17.5 Å². The van der Waals surface area contributed by atoms with Crippen LogP contribution in [0.4, 0.5) is 26.3 Å². The molecule has 5 rings (SSSR count). The van der Waals surface area contributed by atoms with Crippen molar-refractivity contribution in [2.75, 3.05) is 0 Å². The van der Waals surface area contributed by atoms with E-state index in [2.05, 4.69) is 15.1 Å². The normalized spacial score (nSPS) is 11.9. The Balaban J connectivity index is 1.39. The second kappa shape index (κ2) is 11.2. The number of hydrogen-bond donors (Lipinski definition) is 1. The van der Waals surface area contributed by atoms with E-state index in [1.165, 1.54) is 24.4 Å². The Morgan fingerprint density at radius 2 is 1.60 bits per heavy atom. The summed E-state index contributed by atoms with van der Waals surface area (Å²) in [5.74, 6) is -1.92. The highest BCUT2D eigenvalue weighted by Gasteiger charge is 2.41. The summed E-state index contributed by atoms with van der Waals surface area (Å²) in [6.07, 6.45) is -7.65. The van der Waals surface area contributed by atoms with Gasteiger partial charge in [-0.2, -0.15) is 36.1 Å². The molecule has 0 spiro atoms. The van der Waals surface area contributed by atoms with Crippen molar-refractivity contribution in [3.63, 3.8) is 0 Å². The first kappa shape index (κ1) is 29.3. The van der Waals surface area contributed by atoms with Crippen LogP contribution in [0.5, 0.6) is 5.75 Å². The van der Waals surface area contributed by atoms with Gasteiger partial charge in [-0.25, -0.2) is 14.8 Å². The molecule has 0 atom stereocenters. The van der Waals surface area contributed by atoms with E-state index in [4.69, 9.17) is 4.74 Å². The van der Waals surface area contributed by atoms with Crippen molar-refractivity contribution in [1.82, 2.24) is 19.7 Å². The van der Waals surface area contributed by atoms with Crippen LogP contribution >= 0.6 is 0 Å². The standard InChI is InChI=1S/C30H20F6N4O3/c1-17-14-19(18-8-10-21(11-9-18)29(31,32)33)6-7-20(17)16-43-25-5-3-2-4-22(25)24-12-13-37-28(39-24)40-26(30(34,35)36)23(15-38-40)27(41)42/h2-15H,16H2,1H3,(H,41,42). The van der Waals surface area contributed by atoms with Crippen LogP contribution in [0.2, 0.25) is 0 Å². The highest BCUT2D eigenvalue weighted by Crippen LogP contribution is 2.35. The van der Waals surface area contributed by atoms with Gasteiger partial charge in [-0.15, -0.1) is 0 Å². The maximum Gasteiger partial charge on any atom is 0.434 e. The molecule has 0 bridgehead atoms. The highest BCUT2D eigenvalue weighted by molar-refractivity contribution is 5.89. The maximum atomic E-state index is 13.7. The Morgan fingerprint density at radius 1 is 0.907 bits per heavy atom. The number of alkyl halides is 6. The van der Waals surface area contributed by atoms with Crippen LogP contribution in [0.3, 0.4) is 0 Å². The lowest BCUT2D eigenvalue weighted by Gasteiger charge is -2.14. The number of carboxylic acid groups (broad SMARTS) is 1. The SMILES string of the molecule is Cc1cc(-c2ccc(C(F)(F)F)cc2)ccc1COc1ccccc1-c1ccnc(-n2ncc(C(=O)O)c2C(F)(F)F)n1. The van der Waals surface area contributed by atoms with Gasteiger partial charge in [0.1, 0.15) is 17.9 Å². The number of para-hydroxylation sites is 1. The number of carbonyl (C=O) groups is 1. The van der Waals surface area contributed by atoms with Crippen LogP contribution in [0.15, 0.2) is 85.2 Å². The predicted molar refractivity (Wildman–Crippen MR) is 143 cm³/mol. The Bertz CT molecular complexity index is 1800. The first-order valence-electron chi connectivity index (χ1n) is 12.5. The van der Waals surface area contributed by atoms with Gasteiger partial charge in [0.25, 0.3) is 5.95 Å². The fourth-order valence-electron chi connectivity index (χ4n) is 4.38. The molecule has 0 aliphatic carbocycles. The van der Waals surface area contributed by atoms with Crippen molar-refractivity contribution in [2.24, 2.45) is 0 Å². The number of aromatic nitrogens is 4. The summed E-state index contributed by atoms with van der Waals surface area (Å²) < 4.78 is 86.2. The molecule has 0 fully saturated rings. The molecular formula is C30H20F6N4O3. The summed E-state index contributed by atoms with van der Waals surface area (Å²) >= 11 is 0. The fraction of sp³-hybridized carbons (Fsp3) is 0.133. The molecule has 1 N–H and O–H groups in total. The van der Waals surface area contributed by atoms with Crippen molar-refractivity contribution in [2.45, 2.75) is 25.9 Å². The second-order valence-corrected chi connectivity index (χ2v) is 9.36. The van der Waals surface area contributed by atoms with Gasteiger partial charge in [-0.3, -0.25) is 0 Å². The second-order valence-electron chi connectivity index (χ2n) is 9.36. The molecule has 0 aliphatic rings. The quantitative estimate of drug-likeness (QED) is 0.194. The molecule has 2 heterocycles. The minimum absolute atomic E-state index is 0.105. The molecule has 43 heavy (non-hydrogen) atoms. The molecule has 220 valence electrons. The average molecular weight is 599 g/mol. The Labute approximate surface area is 240 Å². The lowest BCUT2D eigenvalue weighted by atomic mass is 9.99. The maximum absolute atomic E-state index is 13.7. The number of rotatable bonds is 7. The number of aryl methyl sites for hydroxylation is 1. The molecule has 0 radical (unpaired) electrons. The fourth-order valence-corrected chi connectivity index (χ4v) is 4.38. The predicted octanol–water partition coefficient (Wildman–Crippen LogP) is 7.62. The molecule has 0 aliphatic heterocycles. The van der Waals surface area contributed by atoms with E-state index in [0.717, 1.165) is 28.8 Å². The molecule has 0 saturated heterocycles. The minimum Gasteiger partial charge on any atom is -0.488 e. The highest BCUT2D eigenvalue weighted by atomic mass is 19.4. The largest absolute Gasteiger partial charge is 0.488 e. The third kappa shape index (κ3) is 6.20. The number of hydrogen-bond acceptors (Lipinski definition) is 5. The van der Waals surface area contributed by atoms with Crippen molar-refractivity contribution in [3.05, 3.63) is 113 Å². The summed E-state index contributed by atoms with van der Waals surface area (Å²) in [7, 11) is 0. The zero-order valence-corrected chi connectivity index (χ0v) is 22.1. The van der Waals surface area contributed by atoms with Crippen LogP contribution in [-0.4, -0.2) is 30.8 Å². The van der Waals surface area contributed by atoms with Gasteiger partial charge in [0.15, 0.2) is 5.69 Å². The summed E-state index contributed by atoms with van der Waals surface area (Å²) in [5, 5.41) is 12.8. The summed E-state index contributed by atoms with van der Waals surface area (Å²) in [5.41, 5.74) is 0.319. The third-order valence-electron chi connectivity index (χ3n) is 6.53. The van der Waals surface area contributed by atoms with E-state index >= 15 is 0 Å². The van der Waals surface area contributed by atoms with E-state index in [1.54, 1.807) is 36.4 Å². The molecule has 0 unspecified atom stereocenters. The monoisotopic (exact) mass is 598 g/mol. The number of halogens is 6. The molecule has 13 heteroatoms. The number of aromatic carboxylic acids is 1. The first-order chi connectivity index (χ1) is 20.3. The zero-order valence-electron chi connectivity index (χ0n) is 22.1. The average Bonchev–Trinajstić information content (AvgIpc) is 3.43. The van der Waals surface area contributed by atoms with Crippen molar-refractivity contribution < 1.29 is 41.0 Å². The number of nitrogens with zero attached hydrogens (tertiary/aromatic N) is 4. The lowest BCUT2D eigenvalue weighted by molar-refractivity contribution is -0.143. The van der Waals surface area contributed by atoms with Gasteiger partial charge in [0, 0.05) is 11.8 Å². The van der Waals surface area contributed by atoms with Gasteiger partial charge >= 0.3 is 18.3 Å². The molecule has 5 aromatic rings. The molecule has 2 aromatic heterocycles. The third-order valence-corrected chi connectivity index (χ3v) is 6.53. The van der Waals surface area contributed by atoms with E-state index in [0.29, 0.717) is 27.8 Å². The van der Waals surface area contributed by atoms with Crippen molar-refractivity contribution >= 4 is 5.97 Å². The topological polar surface area (TPSA) is 90.1 Å². The number of carboxylic acids is 1. The Hall–Kier alpha value is -5.20. The molecular weight excluding hydrogens is 578 g/mol. The van der Waals surface area contributed by atoms with Crippen LogP contribution in [-0.2, 0) is 19.0 Å². The van der Waals surface area contributed by atoms with Crippen LogP contribution in [0.25, 0.3) is 28.3 Å². The number of benzene rings is 3. The smallest absolute Gasteiger partial charge is 0.434 e. The van der Waals surface area contributed by atoms with E-state index < -0.39 is 41.1 Å². The first-order valence-corrected chi connectivity index (χ1v) is 12.5. The molecule has 0 saturated carbocycles. The minimum atomic E-state index is -5.04. The Kier molecular flexibility index (Phi) is 7.65. The number of ether oxygens (including phenoxy) is 1. The van der Waals surface area contributed by atoms with Gasteiger partial charge in [-0.1, -0.05) is 42.5 Å². The summed E-state index contributed by atoms with van der Waals surface area (Å²) in [4.78, 5) is 19.4. The Morgan fingerprint density at radius 3 is 2.26 bits per heavy atom. The van der Waals surface area contributed by atoms with Crippen LogP contribution in [0, 0.1) is 6.92 Å². The van der Waals surface area contributed by atoms with E-state index in [1.807, 2.05) is 13.0 Å². The van der Waals surface area contributed by atoms with Crippen molar-refractivity contribution in [1.29, 1.82) is 0 Å². The molecule has 3 aromatic carbocycles. The molecule has 7 nitrogen and oxygen atoms in total. The van der Waals surface area contributed by atoms with E-state index in [-0.39, 0.29) is 12.3 Å². The van der Waals surface area contributed by atoms with Crippen molar-refractivity contribution in [3.8, 4) is 34.1 Å². The van der Waals surface area contributed by atoms with Crippen LogP contribution < -0.4 is 4.74 Å². The lowest BCUT2D eigenvalue weighted by Crippen LogP contribution is -2.18. The van der Waals surface area contributed by atoms with Gasteiger partial charge in [0.2, 0.25) is 0 Å². The summed E-state index contributed by atoms with van der Waals surface area (Å²) in [6.45, 7) is 1.94. The molecule has 0 amide bonds. The summed E-state index contributed by atoms with van der Waals surface area (Å²) in [6, 6.07) is 18.4. The zero-order chi connectivity index (χ0) is 30.9. The van der Waals surface area contributed by atoms with Gasteiger partial charge < -0.3 is 9.84 Å². The van der Waals surface area contributed by atoms with Crippen LogP contribution in [0.1, 0.15) is 32.7 Å².